The van der Waals surface area contributed by atoms with Crippen LogP contribution in [0.1, 0.15) is 30.0 Å². The van der Waals surface area contributed by atoms with E-state index < -0.39 is 0 Å². The Kier molecular flexibility index (Phi) is 4.75. The fourth-order valence-electron chi connectivity index (χ4n) is 1.67. The minimum Gasteiger partial charge on any atom is -0.316 e. The smallest absolute Gasteiger partial charge is 0.0897 e. The number of aromatic nitrogens is 1. The molecule has 0 amide bonds. The molecule has 2 N–H and O–H groups in total. The predicted octanol–water partition coefficient (Wildman–Crippen LogP) is 1.73. The number of aryl methyl sites for hydroxylation is 1. The third-order valence-corrected chi connectivity index (χ3v) is 3.59. The molecule has 90 valence electrons. The summed E-state index contributed by atoms with van der Waals surface area (Å²) < 4.78 is 0. The zero-order valence-electron chi connectivity index (χ0n) is 9.96. The van der Waals surface area contributed by atoms with E-state index in [1.54, 1.807) is 11.3 Å². The molecule has 1 aromatic rings. The first-order chi connectivity index (χ1) is 7.84. The number of rotatable bonds is 8. The number of nitrogens with one attached hydrogen (secondary N) is 2. The second kappa shape index (κ2) is 6.33. The van der Waals surface area contributed by atoms with Crippen molar-refractivity contribution in [2.45, 2.75) is 38.6 Å². The Labute approximate surface area is 102 Å². The molecule has 2 rings (SSSR count). The lowest BCUT2D eigenvalue weighted by Crippen LogP contribution is -2.24. The van der Waals surface area contributed by atoms with Crippen LogP contribution in [0.15, 0.2) is 5.38 Å². The largest absolute Gasteiger partial charge is 0.316 e. The molecule has 1 saturated carbocycles. The molecule has 1 heterocycles. The van der Waals surface area contributed by atoms with E-state index in [0.717, 1.165) is 32.1 Å². The van der Waals surface area contributed by atoms with Crippen molar-refractivity contribution >= 4 is 11.3 Å². The molecule has 4 heteroatoms. The SMILES string of the molecule is Cc1nc(CCNCCCNC2CC2)cs1. The van der Waals surface area contributed by atoms with Crippen LogP contribution >= 0.6 is 11.3 Å². The maximum atomic E-state index is 4.44. The fraction of sp³-hybridized carbons (Fsp3) is 0.750. The Bertz CT molecular complexity index is 307. The third kappa shape index (κ3) is 4.60. The first-order valence-electron chi connectivity index (χ1n) is 6.20. The predicted molar refractivity (Wildman–Crippen MR) is 69.1 cm³/mol. The lowest BCUT2D eigenvalue weighted by molar-refractivity contribution is 0.592. The molecule has 0 atom stereocenters. The van der Waals surface area contributed by atoms with Gasteiger partial charge in [-0.25, -0.2) is 4.98 Å². The van der Waals surface area contributed by atoms with Gasteiger partial charge in [-0.2, -0.15) is 0 Å². The minimum atomic E-state index is 0.845. The van der Waals surface area contributed by atoms with Gasteiger partial charge in [0.15, 0.2) is 0 Å². The van der Waals surface area contributed by atoms with Crippen LogP contribution in [0.4, 0.5) is 0 Å². The van der Waals surface area contributed by atoms with E-state index in [0.29, 0.717) is 0 Å². The summed E-state index contributed by atoms with van der Waals surface area (Å²) >= 11 is 1.74. The van der Waals surface area contributed by atoms with Crippen molar-refractivity contribution < 1.29 is 0 Å². The number of hydrogen-bond acceptors (Lipinski definition) is 4. The van der Waals surface area contributed by atoms with E-state index in [1.165, 1.54) is 30.0 Å². The third-order valence-electron chi connectivity index (χ3n) is 2.77. The molecule has 0 aliphatic heterocycles. The molecule has 0 radical (unpaired) electrons. The summed E-state index contributed by atoms with van der Waals surface area (Å²) in [6.07, 6.45) is 5.06. The second-order valence-electron chi connectivity index (χ2n) is 4.44. The van der Waals surface area contributed by atoms with Crippen molar-refractivity contribution in [2.24, 2.45) is 0 Å². The van der Waals surface area contributed by atoms with E-state index >= 15 is 0 Å². The molecule has 0 bridgehead atoms. The summed E-state index contributed by atoms with van der Waals surface area (Å²) in [7, 11) is 0. The number of hydrogen-bond donors (Lipinski definition) is 2. The molecule has 0 spiro atoms. The molecule has 16 heavy (non-hydrogen) atoms. The molecule has 0 unspecified atom stereocenters. The van der Waals surface area contributed by atoms with E-state index in [1.807, 2.05) is 0 Å². The van der Waals surface area contributed by atoms with Crippen LogP contribution in [0.2, 0.25) is 0 Å². The van der Waals surface area contributed by atoms with Gasteiger partial charge in [0.1, 0.15) is 0 Å². The molecule has 1 aliphatic rings. The zero-order valence-corrected chi connectivity index (χ0v) is 10.8. The lowest BCUT2D eigenvalue weighted by Gasteiger charge is -2.04. The average Bonchev–Trinajstić information content (AvgIpc) is 3.00. The van der Waals surface area contributed by atoms with Gasteiger partial charge in [0.2, 0.25) is 0 Å². The van der Waals surface area contributed by atoms with Gasteiger partial charge in [0, 0.05) is 24.4 Å². The van der Waals surface area contributed by atoms with Crippen molar-refractivity contribution in [1.29, 1.82) is 0 Å². The molecular weight excluding hydrogens is 218 g/mol. The van der Waals surface area contributed by atoms with Gasteiger partial charge < -0.3 is 10.6 Å². The Morgan fingerprint density at radius 1 is 1.38 bits per heavy atom. The van der Waals surface area contributed by atoms with Gasteiger partial charge in [-0.3, -0.25) is 0 Å². The van der Waals surface area contributed by atoms with Crippen molar-refractivity contribution in [3.05, 3.63) is 16.1 Å². The summed E-state index contributed by atoms with van der Waals surface area (Å²) in [6, 6.07) is 0.845. The van der Waals surface area contributed by atoms with Crippen LogP contribution in [-0.4, -0.2) is 30.7 Å². The van der Waals surface area contributed by atoms with Crippen LogP contribution in [0, 0.1) is 6.92 Å². The summed E-state index contributed by atoms with van der Waals surface area (Å²) in [5.74, 6) is 0. The highest BCUT2D eigenvalue weighted by Gasteiger charge is 2.19. The van der Waals surface area contributed by atoms with Crippen LogP contribution in [0.5, 0.6) is 0 Å². The first kappa shape index (κ1) is 12.0. The Hall–Kier alpha value is -0.450. The van der Waals surface area contributed by atoms with Crippen molar-refractivity contribution in [3.63, 3.8) is 0 Å². The standard InChI is InChI=1S/C12H21N3S/c1-10-15-12(9-16-10)5-8-13-6-2-7-14-11-3-4-11/h9,11,13-14H,2-8H2,1H3. The van der Waals surface area contributed by atoms with Crippen LogP contribution in [0.25, 0.3) is 0 Å². The molecule has 0 saturated heterocycles. The topological polar surface area (TPSA) is 37.0 Å². The van der Waals surface area contributed by atoms with Gasteiger partial charge >= 0.3 is 0 Å². The summed E-state index contributed by atoms with van der Waals surface area (Å²) in [5.41, 5.74) is 1.23. The van der Waals surface area contributed by atoms with Crippen LogP contribution < -0.4 is 10.6 Å². The zero-order chi connectivity index (χ0) is 11.2. The van der Waals surface area contributed by atoms with E-state index in [-0.39, 0.29) is 0 Å². The molecular formula is C12H21N3S. The molecule has 0 aromatic carbocycles. The van der Waals surface area contributed by atoms with Gasteiger partial charge in [-0.15, -0.1) is 11.3 Å². The monoisotopic (exact) mass is 239 g/mol. The Morgan fingerprint density at radius 2 is 2.25 bits per heavy atom. The fourth-order valence-corrected chi connectivity index (χ4v) is 2.32. The highest BCUT2D eigenvalue weighted by Crippen LogP contribution is 2.18. The second-order valence-corrected chi connectivity index (χ2v) is 5.50. The average molecular weight is 239 g/mol. The van der Waals surface area contributed by atoms with Crippen molar-refractivity contribution in [2.75, 3.05) is 19.6 Å². The van der Waals surface area contributed by atoms with Gasteiger partial charge in [0.05, 0.1) is 10.7 Å². The quantitative estimate of drug-likeness (QED) is 0.678. The van der Waals surface area contributed by atoms with Gasteiger partial charge in [-0.1, -0.05) is 0 Å². The summed E-state index contributed by atoms with van der Waals surface area (Å²) in [5, 5.41) is 10.3. The number of nitrogens with zero attached hydrogens (tertiary/aromatic N) is 1. The normalized spacial score (nSPS) is 15.6. The van der Waals surface area contributed by atoms with E-state index in [2.05, 4.69) is 27.9 Å². The Morgan fingerprint density at radius 3 is 2.94 bits per heavy atom. The lowest BCUT2D eigenvalue weighted by atomic mass is 10.3. The van der Waals surface area contributed by atoms with E-state index in [4.69, 9.17) is 0 Å². The first-order valence-corrected chi connectivity index (χ1v) is 7.07. The van der Waals surface area contributed by atoms with E-state index in [9.17, 15) is 0 Å². The maximum Gasteiger partial charge on any atom is 0.0897 e. The highest BCUT2D eigenvalue weighted by atomic mass is 32.1. The summed E-state index contributed by atoms with van der Waals surface area (Å²) in [4.78, 5) is 4.44. The Balaban J connectivity index is 1.42. The minimum absolute atomic E-state index is 0.845. The van der Waals surface area contributed by atoms with Crippen LogP contribution in [-0.2, 0) is 6.42 Å². The molecule has 1 aliphatic carbocycles. The molecule has 3 nitrogen and oxygen atoms in total. The van der Waals surface area contributed by atoms with Gasteiger partial charge in [-0.05, 0) is 39.3 Å². The molecule has 1 aromatic heterocycles. The number of thiazole rings is 1. The summed E-state index contributed by atoms with van der Waals surface area (Å²) in [6.45, 7) is 5.38. The van der Waals surface area contributed by atoms with Crippen molar-refractivity contribution in [3.8, 4) is 0 Å². The maximum absolute atomic E-state index is 4.44. The van der Waals surface area contributed by atoms with Crippen LogP contribution in [0.3, 0.4) is 0 Å². The van der Waals surface area contributed by atoms with Crippen molar-refractivity contribution in [1.82, 2.24) is 15.6 Å². The highest BCUT2D eigenvalue weighted by molar-refractivity contribution is 7.09. The molecule has 1 fully saturated rings. The van der Waals surface area contributed by atoms with Gasteiger partial charge in [0.25, 0.3) is 0 Å².